The average Bonchev–Trinajstić information content (AvgIpc) is 2.31. The molecule has 0 aromatic heterocycles. The molecule has 1 aromatic carbocycles. The molecule has 3 N–H and O–H groups in total. The molecule has 0 radical (unpaired) electrons. The number of benzene rings is 1. The molecule has 4 nitrogen and oxygen atoms in total. The first-order valence-electron chi connectivity index (χ1n) is 6.61. The standard InChI is InChI=1S/C15H22N2O2/c1-10-4-12(3)13(5-11(10)2)6-17-14(18)15(7-16)8-19-9-15/h4-5H,6-9,16H2,1-3H3,(H,17,18). The van der Waals surface area contributed by atoms with Gasteiger partial charge in [-0.05, 0) is 43.0 Å². The molecule has 0 bridgehead atoms. The lowest BCUT2D eigenvalue weighted by Gasteiger charge is -2.38. The molecule has 1 fully saturated rings. The van der Waals surface area contributed by atoms with Crippen LogP contribution < -0.4 is 11.1 Å². The van der Waals surface area contributed by atoms with Crippen molar-refractivity contribution < 1.29 is 9.53 Å². The van der Waals surface area contributed by atoms with E-state index in [0.29, 0.717) is 26.3 Å². The summed E-state index contributed by atoms with van der Waals surface area (Å²) in [5.74, 6) is -0.00104. The zero-order valence-electron chi connectivity index (χ0n) is 11.9. The summed E-state index contributed by atoms with van der Waals surface area (Å²) in [6.45, 7) is 8.00. The van der Waals surface area contributed by atoms with E-state index in [0.717, 1.165) is 5.56 Å². The lowest BCUT2D eigenvalue weighted by atomic mass is 9.85. The fourth-order valence-electron chi connectivity index (χ4n) is 2.26. The molecule has 0 saturated carbocycles. The molecule has 1 aliphatic rings. The van der Waals surface area contributed by atoms with Gasteiger partial charge in [0.25, 0.3) is 0 Å². The van der Waals surface area contributed by atoms with Gasteiger partial charge in [-0.1, -0.05) is 12.1 Å². The largest absolute Gasteiger partial charge is 0.379 e. The summed E-state index contributed by atoms with van der Waals surface area (Å²) in [7, 11) is 0. The van der Waals surface area contributed by atoms with Crippen molar-refractivity contribution in [3.8, 4) is 0 Å². The van der Waals surface area contributed by atoms with Crippen LogP contribution in [-0.4, -0.2) is 25.7 Å². The molecule has 2 rings (SSSR count). The molecule has 1 aliphatic heterocycles. The van der Waals surface area contributed by atoms with Crippen LogP contribution in [0.2, 0.25) is 0 Å². The van der Waals surface area contributed by atoms with Crippen LogP contribution in [0.3, 0.4) is 0 Å². The van der Waals surface area contributed by atoms with Crippen molar-refractivity contribution in [2.75, 3.05) is 19.8 Å². The highest BCUT2D eigenvalue weighted by Crippen LogP contribution is 2.26. The minimum Gasteiger partial charge on any atom is -0.379 e. The van der Waals surface area contributed by atoms with Gasteiger partial charge in [0, 0.05) is 13.1 Å². The number of rotatable bonds is 4. The highest BCUT2D eigenvalue weighted by atomic mass is 16.5. The Morgan fingerprint density at radius 1 is 1.26 bits per heavy atom. The van der Waals surface area contributed by atoms with Crippen molar-refractivity contribution in [1.82, 2.24) is 5.32 Å². The molecule has 1 amide bonds. The van der Waals surface area contributed by atoms with Gasteiger partial charge in [0.15, 0.2) is 0 Å². The molecule has 19 heavy (non-hydrogen) atoms. The van der Waals surface area contributed by atoms with Crippen LogP contribution in [0.1, 0.15) is 22.3 Å². The molecular formula is C15H22N2O2. The number of nitrogens with one attached hydrogen (secondary N) is 1. The number of carbonyl (C=O) groups excluding carboxylic acids is 1. The lowest BCUT2D eigenvalue weighted by Crippen LogP contribution is -2.58. The van der Waals surface area contributed by atoms with Gasteiger partial charge in [-0.15, -0.1) is 0 Å². The summed E-state index contributed by atoms with van der Waals surface area (Å²) in [5, 5.41) is 2.98. The number of aryl methyl sites for hydroxylation is 3. The van der Waals surface area contributed by atoms with Gasteiger partial charge >= 0.3 is 0 Å². The van der Waals surface area contributed by atoms with E-state index < -0.39 is 5.41 Å². The third kappa shape index (κ3) is 2.65. The zero-order valence-corrected chi connectivity index (χ0v) is 11.9. The van der Waals surface area contributed by atoms with Crippen molar-refractivity contribution in [3.63, 3.8) is 0 Å². The third-order valence-electron chi connectivity index (χ3n) is 4.02. The van der Waals surface area contributed by atoms with E-state index in [1.165, 1.54) is 16.7 Å². The molecule has 104 valence electrons. The van der Waals surface area contributed by atoms with Gasteiger partial charge < -0.3 is 15.8 Å². The molecule has 0 atom stereocenters. The Labute approximate surface area is 114 Å². The van der Waals surface area contributed by atoms with Gasteiger partial charge in [-0.25, -0.2) is 0 Å². The second kappa shape index (κ2) is 5.31. The van der Waals surface area contributed by atoms with Crippen LogP contribution in [0, 0.1) is 26.2 Å². The van der Waals surface area contributed by atoms with Gasteiger partial charge in [-0.2, -0.15) is 0 Å². The van der Waals surface area contributed by atoms with Crippen molar-refractivity contribution in [2.24, 2.45) is 11.1 Å². The predicted molar refractivity (Wildman–Crippen MR) is 74.8 cm³/mol. The number of hydrogen-bond acceptors (Lipinski definition) is 3. The number of carbonyl (C=O) groups is 1. The van der Waals surface area contributed by atoms with E-state index in [1.54, 1.807) is 0 Å². The highest BCUT2D eigenvalue weighted by molar-refractivity contribution is 5.84. The van der Waals surface area contributed by atoms with Gasteiger partial charge in [0.1, 0.15) is 5.41 Å². The highest BCUT2D eigenvalue weighted by Gasteiger charge is 2.44. The topological polar surface area (TPSA) is 64.4 Å². The van der Waals surface area contributed by atoms with E-state index in [4.69, 9.17) is 10.5 Å². The van der Waals surface area contributed by atoms with Crippen molar-refractivity contribution in [3.05, 3.63) is 34.4 Å². The fourth-order valence-corrected chi connectivity index (χ4v) is 2.26. The molecule has 1 saturated heterocycles. The Hall–Kier alpha value is -1.39. The maximum atomic E-state index is 12.1. The number of ether oxygens (including phenoxy) is 1. The molecule has 1 heterocycles. The van der Waals surface area contributed by atoms with Crippen LogP contribution in [-0.2, 0) is 16.1 Å². The summed E-state index contributed by atoms with van der Waals surface area (Å²) in [4.78, 5) is 12.1. The molecule has 4 heteroatoms. The van der Waals surface area contributed by atoms with Gasteiger partial charge in [0.2, 0.25) is 5.91 Å². The first kappa shape index (κ1) is 14.0. The molecule has 1 aromatic rings. The van der Waals surface area contributed by atoms with Crippen LogP contribution >= 0.6 is 0 Å². The lowest BCUT2D eigenvalue weighted by molar-refractivity contribution is -0.159. The van der Waals surface area contributed by atoms with E-state index in [-0.39, 0.29) is 5.91 Å². The maximum absolute atomic E-state index is 12.1. The Morgan fingerprint density at radius 3 is 2.42 bits per heavy atom. The summed E-state index contributed by atoms with van der Waals surface area (Å²) in [5.41, 5.74) is 10.0. The number of hydrogen-bond donors (Lipinski definition) is 2. The Bertz CT molecular complexity index is 488. The first-order chi connectivity index (χ1) is 8.98. The van der Waals surface area contributed by atoms with Crippen LogP contribution in [0.4, 0.5) is 0 Å². The summed E-state index contributed by atoms with van der Waals surface area (Å²) < 4.78 is 5.12. The van der Waals surface area contributed by atoms with Crippen molar-refractivity contribution in [2.45, 2.75) is 27.3 Å². The van der Waals surface area contributed by atoms with E-state index in [1.807, 2.05) is 0 Å². The second-order valence-electron chi connectivity index (χ2n) is 5.52. The van der Waals surface area contributed by atoms with Crippen LogP contribution in [0.25, 0.3) is 0 Å². The molecular weight excluding hydrogens is 240 g/mol. The van der Waals surface area contributed by atoms with Gasteiger partial charge in [-0.3, -0.25) is 4.79 Å². The van der Waals surface area contributed by atoms with Crippen molar-refractivity contribution >= 4 is 5.91 Å². The Balaban J connectivity index is 2.03. The molecule has 0 spiro atoms. The quantitative estimate of drug-likeness (QED) is 0.857. The number of amides is 1. The SMILES string of the molecule is Cc1cc(C)c(CNC(=O)C2(CN)COC2)cc1C. The summed E-state index contributed by atoms with van der Waals surface area (Å²) in [6, 6.07) is 4.29. The average molecular weight is 262 g/mol. The third-order valence-corrected chi connectivity index (χ3v) is 4.02. The maximum Gasteiger partial charge on any atom is 0.232 e. The van der Waals surface area contributed by atoms with Gasteiger partial charge in [0.05, 0.1) is 13.2 Å². The van der Waals surface area contributed by atoms with Crippen LogP contribution in [0.15, 0.2) is 12.1 Å². The minimum atomic E-state index is -0.506. The smallest absolute Gasteiger partial charge is 0.232 e. The Morgan fingerprint density at radius 2 is 1.89 bits per heavy atom. The van der Waals surface area contributed by atoms with E-state index in [9.17, 15) is 4.79 Å². The monoisotopic (exact) mass is 262 g/mol. The van der Waals surface area contributed by atoms with E-state index >= 15 is 0 Å². The summed E-state index contributed by atoms with van der Waals surface area (Å²) >= 11 is 0. The first-order valence-corrected chi connectivity index (χ1v) is 6.61. The second-order valence-corrected chi connectivity index (χ2v) is 5.52. The predicted octanol–water partition coefficient (Wildman–Crippen LogP) is 1.20. The van der Waals surface area contributed by atoms with Crippen molar-refractivity contribution in [1.29, 1.82) is 0 Å². The van der Waals surface area contributed by atoms with E-state index in [2.05, 4.69) is 38.2 Å². The normalized spacial score (nSPS) is 16.8. The van der Waals surface area contributed by atoms with Crippen LogP contribution in [0.5, 0.6) is 0 Å². The molecule has 0 aliphatic carbocycles. The molecule has 0 unspecified atom stereocenters. The minimum absolute atomic E-state index is 0.00104. The summed E-state index contributed by atoms with van der Waals surface area (Å²) in [6.07, 6.45) is 0. The number of nitrogens with two attached hydrogens (primary N) is 1. The zero-order chi connectivity index (χ0) is 14.0. The fraction of sp³-hybridized carbons (Fsp3) is 0.533. The Kier molecular flexibility index (Phi) is 3.92.